The van der Waals surface area contributed by atoms with Gasteiger partial charge in [0.15, 0.2) is 0 Å². The average Bonchev–Trinajstić information content (AvgIpc) is 3.18. The number of nitrogens with one attached hydrogen (secondary N) is 2. The van der Waals surface area contributed by atoms with E-state index in [2.05, 4.69) is 15.6 Å². The number of aryl methyl sites for hydroxylation is 2. The van der Waals surface area contributed by atoms with Gasteiger partial charge < -0.3 is 15.1 Å². The van der Waals surface area contributed by atoms with Gasteiger partial charge in [-0.15, -0.1) is 12.4 Å². The van der Waals surface area contributed by atoms with Gasteiger partial charge in [-0.1, -0.05) is 6.07 Å². The highest BCUT2D eigenvalue weighted by molar-refractivity contribution is 5.91. The first-order chi connectivity index (χ1) is 11.1. The SMILES string of the molecule is Cc1coc(-c2cc(NC(=O)CCC3CCNC3)ccc2C)n1.Cl. The Bertz CT molecular complexity index is 693. The quantitative estimate of drug-likeness (QED) is 0.863. The lowest BCUT2D eigenvalue weighted by molar-refractivity contribution is -0.116. The lowest BCUT2D eigenvalue weighted by Crippen LogP contribution is -2.15. The predicted octanol–water partition coefficient (Wildman–Crippen LogP) is 3.71. The van der Waals surface area contributed by atoms with E-state index in [1.165, 1.54) is 6.42 Å². The summed E-state index contributed by atoms with van der Waals surface area (Å²) in [5.74, 6) is 1.29. The van der Waals surface area contributed by atoms with Crippen LogP contribution in [0.4, 0.5) is 5.69 Å². The summed E-state index contributed by atoms with van der Waals surface area (Å²) in [6, 6.07) is 5.82. The van der Waals surface area contributed by atoms with Crippen LogP contribution in [0.15, 0.2) is 28.9 Å². The molecule has 1 aliphatic heterocycles. The van der Waals surface area contributed by atoms with Crippen molar-refractivity contribution in [1.82, 2.24) is 10.3 Å². The fraction of sp³-hybridized carbons (Fsp3) is 0.444. The van der Waals surface area contributed by atoms with Crippen molar-refractivity contribution in [1.29, 1.82) is 0 Å². The van der Waals surface area contributed by atoms with Crippen molar-refractivity contribution in [3.8, 4) is 11.5 Å². The molecule has 2 N–H and O–H groups in total. The monoisotopic (exact) mass is 349 g/mol. The molecule has 1 unspecified atom stereocenters. The Balaban J connectivity index is 0.00000208. The normalized spacial score (nSPS) is 16.7. The minimum absolute atomic E-state index is 0. The van der Waals surface area contributed by atoms with Gasteiger partial charge in [-0.3, -0.25) is 4.79 Å². The molecular formula is C18H24ClN3O2. The standard InChI is InChI=1S/C18H23N3O2.ClH/c1-12-3-5-15(9-16(12)18-20-13(2)11-23-18)21-17(22)6-4-14-7-8-19-10-14;/h3,5,9,11,14,19H,4,6-8,10H2,1-2H3,(H,21,22);1H. The van der Waals surface area contributed by atoms with Gasteiger partial charge in [-0.2, -0.15) is 0 Å². The third-order valence-corrected chi connectivity index (χ3v) is 4.31. The Labute approximate surface area is 148 Å². The summed E-state index contributed by atoms with van der Waals surface area (Å²) < 4.78 is 5.48. The number of nitrogens with zero attached hydrogens (tertiary/aromatic N) is 1. The number of benzene rings is 1. The smallest absolute Gasteiger partial charge is 0.226 e. The fourth-order valence-electron chi connectivity index (χ4n) is 2.93. The van der Waals surface area contributed by atoms with Crippen LogP contribution in [0, 0.1) is 19.8 Å². The summed E-state index contributed by atoms with van der Waals surface area (Å²) in [5, 5.41) is 6.31. The number of hydrogen-bond donors (Lipinski definition) is 2. The summed E-state index contributed by atoms with van der Waals surface area (Å²) in [5.41, 5.74) is 3.62. The van der Waals surface area contributed by atoms with Crippen LogP contribution in [0.25, 0.3) is 11.5 Å². The van der Waals surface area contributed by atoms with E-state index in [4.69, 9.17) is 4.42 Å². The van der Waals surface area contributed by atoms with E-state index < -0.39 is 0 Å². The molecule has 1 amide bonds. The summed E-state index contributed by atoms with van der Waals surface area (Å²) in [7, 11) is 0. The second kappa shape index (κ2) is 8.31. The predicted molar refractivity (Wildman–Crippen MR) is 97.5 cm³/mol. The number of amides is 1. The van der Waals surface area contributed by atoms with Gasteiger partial charge in [0.25, 0.3) is 0 Å². The van der Waals surface area contributed by atoms with Crippen molar-refractivity contribution in [2.75, 3.05) is 18.4 Å². The van der Waals surface area contributed by atoms with Crippen molar-refractivity contribution in [2.24, 2.45) is 5.92 Å². The molecule has 2 aromatic rings. The third kappa shape index (κ3) is 4.58. The fourth-order valence-corrected chi connectivity index (χ4v) is 2.93. The first-order valence-electron chi connectivity index (χ1n) is 8.15. The van der Waals surface area contributed by atoms with Gasteiger partial charge in [0.2, 0.25) is 11.8 Å². The van der Waals surface area contributed by atoms with Crippen LogP contribution in [0.5, 0.6) is 0 Å². The number of aromatic nitrogens is 1. The van der Waals surface area contributed by atoms with E-state index in [1.807, 2.05) is 32.0 Å². The Morgan fingerprint density at radius 3 is 2.92 bits per heavy atom. The number of hydrogen-bond acceptors (Lipinski definition) is 4. The van der Waals surface area contributed by atoms with E-state index in [9.17, 15) is 4.79 Å². The van der Waals surface area contributed by atoms with E-state index in [0.717, 1.165) is 42.0 Å². The topological polar surface area (TPSA) is 67.2 Å². The molecule has 24 heavy (non-hydrogen) atoms. The number of carbonyl (C=O) groups excluding carboxylic acids is 1. The van der Waals surface area contributed by atoms with E-state index >= 15 is 0 Å². The van der Waals surface area contributed by atoms with E-state index in [-0.39, 0.29) is 18.3 Å². The molecule has 0 spiro atoms. The highest BCUT2D eigenvalue weighted by Gasteiger charge is 2.16. The van der Waals surface area contributed by atoms with Gasteiger partial charge >= 0.3 is 0 Å². The minimum Gasteiger partial charge on any atom is -0.444 e. The molecule has 130 valence electrons. The Kier molecular flexibility index (Phi) is 6.40. The second-order valence-corrected chi connectivity index (χ2v) is 6.27. The van der Waals surface area contributed by atoms with Crippen LogP contribution < -0.4 is 10.6 Å². The summed E-state index contributed by atoms with van der Waals surface area (Å²) in [6.07, 6.45) is 4.31. The highest BCUT2D eigenvalue weighted by Crippen LogP contribution is 2.26. The summed E-state index contributed by atoms with van der Waals surface area (Å²) in [6.45, 7) is 6.01. The lowest BCUT2D eigenvalue weighted by atomic mass is 10.0. The van der Waals surface area contributed by atoms with Gasteiger partial charge in [0.05, 0.1) is 5.69 Å². The molecule has 2 heterocycles. The maximum atomic E-state index is 12.1. The maximum Gasteiger partial charge on any atom is 0.226 e. The van der Waals surface area contributed by atoms with Crippen LogP contribution in [0.1, 0.15) is 30.5 Å². The second-order valence-electron chi connectivity index (χ2n) is 6.27. The zero-order valence-corrected chi connectivity index (χ0v) is 14.9. The zero-order valence-electron chi connectivity index (χ0n) is 14.1. The maximum absolute atomic E-state index is 12.1. The first kappa shape index (κ1) is 18.5. The Morgan fingerprint density at radius 1 is 1.42 bits per heavy atom. The Morgan fingerprint density at radius 2 is 2.25 bits per heavy atom. The van der Waals surface area contributed by atoms with Crippen molar-refractivity contribution in [3.63, 3.8) is 0 Å². The number of carbonyl (C=O) groups is 1. The molecule has 1 saturated heterocycles. The molecule has 1 atom stereocenters. The zero-order chi connectivity index (χ0) is 16.2. The van der Waals surface area contributed by atoms with Crippen molar-refractivity contribution < 1.29 is 9.21 Å². The molecule has 1 fully saturated rings. The minimum atomic E-state index is 0. The molecule has 0 radical (unpaired) electrons. The van der Waals surface area contributed by atoms with Crippen LogP contribution in [-0.2, 0) is 4.79 Å². The summed E-state index contributed by atoms with van der Waals surface area (Å²) in [4.78, 5) is 16.5. The molecule has 0 saturated carbocycles. The molecule has 6 heteroatoms. The van der Waals surface area contributed by atoms with Crippen LogP contribution in [0.2, 0.25) is 0 Å². The van der Waals surface area contributed by atoms with E-state index in [0.29, 0.717) is 18.2 Å². The average molecular weight is 350 g/mol. The lowest BCUT2D eigenvalue weighted by Gasteiger charge is -2.10. The molecular weight excluding hydrogens is 326 g/mol. The molecule has 0 aliphatic carbocycles. The van der Waals surface area contributed by atoms with Crippen molar-refractivity contribution in [3.05, 3.63) is 35.7 Å². The molecule has 5 nitrogen and oxygen atoms in total. The van der Waals surface area contributed by atoms with Crippen molar-refractivity contribution >= 4 is 24.0 Å². The molecule has 3 rings (SSSR count). The third-order valence-electron chi connectivity index (χ3n) is 4.31. The van der Waals surface area contributed by atoms with E-state index in [1.54, 1.807) is 6.26 Å². The first-order valence-corrected chi connectivity index (χ1v) is 8.15. The van der Waals surface area contributed by atoms with Gasteiger partial charge in [0, 0.05) is 17.7 Å². The molecule has 0 bridgehead atoms. The van der Waals surface area contributed by atoms with Crippen LogP contribution in [0.3, 0.4) is 0 Å². The molecule has 1 aromatic carbocycles. The number of halogens is 1. The van der Waals surface area contributed by atoms with Crippen LogP contribution >= 0.6 is 12.4 Å². The largest absolute Gasteiger partial charge is 0.444 e. The van der Waals surface area contributed by atoms with Gasteiger partial charge in [-0.05, 0) is 63.4 Å². The Hall–Kier alpha value is -1.85. The molecule has 1 aliphatic rings. The van der Waals surface area contributed by atoms with Crippen molar-refractivity contribution in [2.45, 2.75) is 33.1 Å². The van der Waals surface area contributed by atoms with Gasteiger partial charge in [-0.25, -0.2) is 4.98 Å². The number of rotatable bonds is 5. The number of anilines is 1. The van der Waals surface area contributed by atoms with Crippen LogP contribution in [-0.4, -0.2) is 24.0 Å². The summed E-state index contributed by atoms with van der Waals surface area (Å²) >= 11 is 0. The highest BCUT2D eigenvalue weighted by atomic mass is 35.5. The molecule has 1 aromatic heterocycles. The van der Waals surface area contributed by atoms with Gasteiger partial charge in [0.1, 0.15) is 6.26 Å². The number of oxazole rings is 1.